The van der Waals surface area contributed by atoms with Crippen LogP contribution in [-0.4, -0.2) is 29.0 Å². The molecular weight excluding hydrogens is 498 g/mol. The molecule has 3 amide bonds. The molecule has 4 rings (SSSR count). The Kier molecular flexibility index (Phi) is 8.14. The molecule has 2 atom stereocenters. The molecule has 3 N–H and O–H groups in total. The van der Waals surface area contributed by atoms with E-state index in [-0.39, 0.29) is 36.0 Å². The number of hydrogen-bond donors (Lipinski definition) is 3. The molecule has 1 aromatic heterocycles. The highest BCUT2D eigenvalue weighted by Gasteiger charge is 2.29. The molecule has 0 aliphatic heterocycles. The predicted molar refractivity (Wildman–Crippen MR) is 130 cm³/mol. The first-order valence-corrected chi connectivity index (χ1v) is 12.3. The number of thiazole rings is 1. The quantitative estimate of drug-likeness (QED) is 0.382. The molecule has 0 radical (unpaired) electrons. The third-order valence-electron chi connectivity index (χ3n) is 5.54. The van der Waals surface area contributed by atoms with Crippen molar-refractivity contribution in [1.29, 1.82) is 0 Å². The van der Waals surface area contributed by atoms with E-state index < -0.39 is 17.7 Å². The zero-order valence-corrected chi connectivity index (χ0v) is 20.1. The van der Waals surface area contributed by atoms with Crippen molar-refractivity contribution in [1.82, 2.24) is 15.6 Å². The maximum Gasteiger partial charge on any atom is 0.319 e. The molecule has 184 valence electrons. The first kappa shape index (κ1) is 24.9. The molecule has 7 nitrogen and oxygen atoms in total. The summed E-state index contributed by atoms with van der Waals surface area (Å²) < 4.78 is 32.2. The lowest BCUT2D eigenvalue weighted by molar-refractivity contribution is 0.0911. The van der Waals surface area contributed by atoms with E-state index in [4.69, 9.17) is 16.3 Å². The van der Waals surface area contributed by atoms with Crippen LogP contribution < -0.4 is 20.7 Å². The highest BCUT2D eigenvalue weighted by molar-refractivity contribution is 7.09. The molecule has 1 aliphatic carbocycles. The van der Waals surface area contributed by atoms with Gasteiger partial charge >= 0.3 is 6.03 Å². The minimum absolute atomic E-state index is 0.133. The number of nitrogens with one attached hydrogen (secondary N) is 3. The number of anilines is 1. The Morgan fingerprint density at radius 2 is 1.74 bits per heavy atom. The monoisotopic (exact) mass is 520 g/mol. The van der Waals surface area contributed by atoms with Crippen LogP contribution in [0.1, 0.15) is 41.2 Å². The van der Waals surface area contributed by atoms with Gasteiger partial charge < -0.3 is 20.7 Å². The van der Waals surface area contributed by atoms with Crippen LogP contribution in [0.5, 0.6) is 5.75 Å². The summed E-state index contributed by atoms with van der Waals surface area (Å²) in [7, 11) is 0. The lowest BCUT2D eigenvalue weighted by Gasteiger charge is -2.32. The minimum atomic E-state index is -1.05. The molecule has 1 heterocycles. The number of carbonyl (C=O) groups is 2. The molecule has 0 bridgehead atoms. The highest BCUT2D eigenvalue weighted by Crippen LogP contribution is 2.21. The Morgan fingerprint density at radius 3 is 2.46 bits per heavy atom. The fraction of sp³-hybridized carbons (Fsp3) is 0.292. The Labute approximate surface area is 209 Å². The second-order valence-electron chi connectivity index (χ2n) is 8.07. The number of carbonyl (C=O) groups excluding carboxylic acids is 2. The van der Waals surface area contributed by atoms with Crippen LogP contribution >= 0.6 is 22.9 Å². The molecule has 0 spiro atoms. The number of rotatable bonds is 7. The summed E-state index contributed by atoms with van der Waals surface area (Å²) in [6, 6.07) is 8.92. The van der Waals surface area contributed by atoms with Crippen LogP contribution in [-0.2, 0) is 6.61 Å². The number of ether oxygens (including phenoxy) is 1. The van der Waals surface area contributed by atoms with Crippen LogP contribution in [0.25, 0.3) is 0 Å². The number of hydrogen-bond acceptors (Lipinski definition) is 5. The maximum atomic E-state index is 13.4. The van der Waals surface area contributed by atoms with Crippen molar-refractivity contribution in [3.05, 3.63) is 75.2 Å². The molecule has 0 unspecified atom stereocenters. The summed E-state index contributed by atoms with van der Waals surface area (Å²) in [6.45, 7) is 0.220. The Hall–Kier alpha value is -3.24. The Morgan fingerprint density at radius 1 is 1.03 bits per heavy atom. The molecule has 2 aromatic carbocycles. The number of aromatic nitrogens is 1. The molecular formula is C24H23ClF2N4O3S. The molecule has 35 heavy (non-hydrogen) atoms. The molecule has 11 heteroatoms. The Bertz CT molecular complexity index is 1190. The second kappa shape index (κ2) is 11.5. The van der Waals surface area contributed by atoms with Crippen LogP contribution in [0.4, 0.5) is 19.3 Å². The van der Waals surface area contributed by atoms with Crippen molar-refractivity contribution >= 4 is 40.6 Å². The number of benzene rings is 2. The van der Waals surface area contributed by atoms with Gasteiger partial charge in [0.2, 0.25) is 0 Å². The largest absolute Gasteiger partial charge is 0.486 e. The van der Waals surface area contributed by atoms with E-state index in [0.717, 1.165) is 25.0 Å². The van der Waals surface area contributed by atoms with Crippen LogP contribution in [0.2, 0.25) is 5.02 Å². The van der Waals surface area contributed by atoms with Gasteiger partial charge in [0.05, 0.1) is 6.04 Å². The lowest BCUT2D eigenvalue weighted by atomic mass is 9.90. The van der Waals surface area contributed by atoms with Crippen molar-refractivity contribution in [3.8, 4) is 5.75 Å². The van der Waals surface area contributed by atoms with E-state index in [1.807, 2.05) is 0 Å². The van der Waals surface area contributed by atoms with Gasteiger partial charge in [-0.1, -0.05) is 24.4 Å². The maximum absolute atomic E-state index is 13.4. The predicted octanol–water partition coefficient (Wildman–Crippen LogP) is 5.52. The minimum Gasteiger partial charge on any atom is -0.486 e. The Balaban J connectivity index is 1.31. The number of nitrogens with zero attached hydrogens (tertiary/aromatic N) is 1. The molecule has 1 aliphatic rings. The summed E-state index contributed by atoms with van der Waals surface area (Å²) in [6.07, 6.45) is 3.17. The van der Waals surface area contributed by atoms with Crippen molar-refractivity contribution < 1.29 is 23.1 Å². The number of halogens is 3. The van der Waals surface area contributed by atoms with Gasteiger partial charge in [-0.15, -0.1) is 11.3 Å². The average Bonchev–Trinajstić information content (AvgIpc) is 3.32. The van der Waals surface area contributed by atoms with Gasteiger partial charge in [0, 0.05) is 28.2 Å². The van der Waals surface area contributed by atoms with Gasteiger partial charge in [-0.3, -0.25) is 4.79 Å². The van der Waals surface area contributed by atoms with Crippen LogP contribution in [0.15, 0.2) is 47.8 Å². The van der Waals surface area contributed by atoms with Gasteiger partial charge in [-0.05, 0) is 49.2 Å². The summed E-state index contributed by atoms with van der Waals surface area (Å²) >= 11 is 7.19. The van der Waals surface area contributed by atoms with E-state index in [9.17, 15) is 18.4 Å². The second-order valence-corrected chi connectivity index (χ2v) is 9.45. The summed E-state index contributed by atoms with van der Waals surface area (Å²) in [4.78, 5) is 29.6. The zero-order chi connectivity index (χ0) is 24.8. The molecule has 1 fully saturated rings. The van der Waals surface area contributed by atoms with Crippen LogP contribution in [0, 0.1) is 11.6 Å². The SMILES string of the molecule is O=C(Nc1ccc(F)c(F)c1)N[C@H]1CCCC[C@@H]1NC(=O)c1csc(COc2ccc(Cl)cc2)n1. The van der Waals surface area contributed by atoms with Gasteiger partial charge in [-0.25, -0.2) is 18.6 Å². The number of amides is 3. The third kappa shape index (κ3) is 6.89. The standard InChI is InChI=1S/C24H23ClF2N4O3S/c25-14-5-8-16(9-6-14)34-12-22-29-21(13-35-22)23(32)30-19-3-1-2-4-20(19)31-24(33)28-15-7-10-17(26)18(27)11-15/h5-11,13,19-20H,1-4,12H2,(H,30,32)(H2,28,31,33)/t19-,20-/m0/s1. The zero-order valence-electron chi connectivity index (χ0n) is 18.5. The highest BCUT2D eigenvalue weighted by atomic mass is 35.5. The van der Waals surface area contributed by atoms with Gasteiger partial charge in [0.15, 0.2) is 11.6 Å². The van der Waals surface area contributed by atoms with Crippen molar-refractivity contribution in [2.75, 3.05) is 5.32 Å². The fourth-order valence-electron chi connectivity index (χ4n) is 3.79. The first-order valence-electron chi connectivity index (χ1n) is 11.0. The molecule has 1 saturated carbocycles. The van der Waals surface area contributed by atoms with E-state index in [2.05, 4.69) is 20.9 Å². The lowest BCUT2D eigenvalue weighted by Crippen LogP contribution is -2.54. The van der Waals surface area contributed by atoms with E-state index in [1.165, 1.54) is 17.4 Å². The normalized spacial score (nSPS) is 17.5. The summed E-state index contributed by atoms with van der Waals surface area (Å²) in [5.74, 6) is -1.73. The first-order chi connectivity index (χ1) is 16.9. The molecule has 0 saturated heterocycles. The number of urea groups is 1. The van der Waals surface area contributed by atoms with Crippen molar-refractivity contribution in [3.63, 3.8) is 0 Å². The summed E-state index contributed by atoms with van der Waals surface area (Å²) in [5, 5.41) is 11.2. The van der Waals surface area contributed by atoms with Gasteiger partial charge in [0.1, 0.15) is 23.1 Å². The van der Waals surface area contributed by atoms with Crippen LogP contribution in [0.3, 0.4) is 0 Å². The van der Waals surface area contributed by atoms with Gasteiger partial charge in [-0.2, -0.15) is 0 Å². The smallest absolute Gasteiger partial charge is 0.319 e. The average molecular weight is 521 g/mol. The van der Waals surface area contributed by atoms with Gasteiger partial charge in [0.25, 0.3) is 5.91 Å². The molecule has 3 aromatic rings. The van der Waals surface area contributed by atoms with Crippen molar-refractivity contribution in [2.45, 2.75) is 44.4 Å². The third-order valence-corrected chi connectivity index (χ3v) is 6.61. The van der Waals surface area contributed by atoms with E-state index in [1.54, 1.807) is 29.6 Å². The summed E-state index contributed by atoms with van der Waals surface area (Å²) in [5.41, 5.74) is 0.411. The van der Waals surface area contributed by atoms with E-state index in [0.29, 0.717) is 28.6 Å². The topological polar surface area (TPSA) is 92.4 Å². The fourth-order valence-corrected chi connectivity index (χ4v) is 4.60. The van der Waals surface area contributed by atoms with E-state index >= 15 is 0 Å². The van der Waals surface area contributed by atoms with Crippen molar-refractivity contribution in [2.24, 2.45) is 0 Å².